The maximum absolute atomic E-state index is 13.0. The van der Waals surface area contributed by atoms with Crippen LogP contribution in [0.25, 0.3) is 0 Å². The minimum absolute atomic E-state index is 0.00372. The van der Waals surface area contributed by atoms with E-state index in [-0.39, 0.29) is 5.78 Å². The van der Waals surface area contributed by atoms with Crippen LogP contribution >= 0.6 is 0 Å². The summed E-state index contributed by atoms with van der Waals surface area (Å²) in [5, 5.41) is 9.90. The van der Waals surface area contributed by atoms with Crippen molar-refractivity contribution in [1.29, 1.82) is 0 Å². The Morgan fingerprint density at radius 1 is 0.742 bits per heavy atom. The average molecular weight is 453 g/mol. The largest absolute Gasteiger partial charge is 0.295 e. The van der Waals surface area contributed by atoms with Crippen LogP contribution in [0.15, 0.2) is 70.9 Å². The van der Waals surface area contributed by atoms with Crippen LogP contribution in [0.1, 0.15) is 20.3 Å². The number of carbonyl (C=O) groups is 1. The summed E-state index contributed by atoms with van der Waals surface area (Å²) in [6, 6.07) is 20.2. The van der Waals surface area contributed by atoms with Gasteiger partial charge in [0, 0.05) is 17.8 Å². The normalized spacial score (nSPS) is 13.2. The molecule has 0 unspecified atom stereocenters. The lowest BCUT2D eigenvalue weighted by Gasteiger charge is -2.33. The average Bonchev–Trinajstić information content (AvgIpc) is 2.71. The van der Waals surface area contributed by atoms with E-state index in [2.05, 4.69) is 60.8 Å². The Balaban J connectivity index is 2.62. The number of nitrogens with zero attached hydrogens (tertiary/aromatic N) is 4. The molecular weight excluding hydrogens is 416 g/mol. The quantitative estimate of drug-likeness (QED) is 0.252. The molecule has 0 fully saturated rings. The number of hydrogen-bond donors (Lipinski definition) is 0. The van der Waals surface area contributed by atoms with Crippen LogP contribution in [0.2, 0.25) is 39.3 Å². The minimum Gasteiger partial charge on any atom is -0.295 e. The number of Topliss-reactive ketones (excluding diaryl/α,β-unsaturated/α-hetero) is 1. The smallest absolute Gasteiger partial charge is 0.184 e. The Kier molecular flexibility index (Phi) is 8.14. The first kappa shape index (κ1) is 24.8. The van der Waals surface area contributed by atoms with Crippen LogP contribution in [0, 0.1) is 0 Å². The van der Waals surface area contributed by atoms with Gasteiger partial charge in [-0.25, -0.2) is 0 Å². The molecule has 0 bridgehead atoms. The van der Waals surface area contributed by atoms with Crippen molar-refractivity contribution in [2.75, 3.05) is 9.35 Å². The fourth-order valence-electron chi connectivity index (χ4n) is 3.12. The highest BCUT2D eigenvalue weighted by Crippen LogP contribution is 2.24. The van der Waals surface area contributed by atoms with Gasteiger partial charge in [0.25, 0.3) is 0 Å². The third kappa shape index (κ3) is 6.73. The summed E-state index contributed by atoms with van der Waals surface area (Å²) in [5.74, 6) is 0.00372. The number of benzene rings is 2. The van der Waals surface area contributed by atoms with Crippen molar-refractivity contribution in [2.45, 2.75) is 59.6 Å². The first-order valence-electron chi connectivity index (χ1n) is 10.8. The number of hydrazone groups is 2. The molecular formula is C24H36N4OSi2. The highest BCUT2D eigenvalue weighted by molar-refractivity contribution is 6.81. The molecule has 0 aliphatic rings. The van der Waals surface area contributed by atoms with E-state index in [1.165, 1.54) is 0 Å². The van der Waals surface area contributed by atoms with Crippen LogP contribution in [0.4, 0.5) is 11.4 Å². The predicted molar refractivity (Wildman–Crippen MR) is 140 cm³/mol. The van der Waals surface area contributed by atoms with Crippen molar-refractivity contribution in [3.05, 3.63) is 60.7 Å². The van der Waals surface area contributed by atoms with Crippen molar-refractivity contribution < 1.29 is 4.79 Å². The molecule has 5 nitrogen and oxygen atoms in total. The van der Waals surface area contributed by atoms with Crippen molar-refractivity contribution in [1.82, 2.24) is 0 Å². The summed E-state index contributed by atoms with van der Waals surface area (Å²) >= 11 is 0. The first-order chi connectivity index (χ1) is 14.4. The zero-order valence-electron chi connectivity index (χ0n) is 20.2. The topological polar surface area (TPSA) is 48.3 Å². The molecule has 0 saturated heterocycles. The van der Waals surface area contributed by atoms with E-state index < -0.39 is 16.5 Å². The van der Waals surface area contributed by atoms with Crippen LogP contribution < -0.4 is 9.35 Å². The van der Waals surface area contributed by atoms with Gasteiger partial charge >= 0.3 is 0 Å². The van der Waals surface area contributed by atoms with E-state index >= 15 is 0 Å². The van der Waals surface area contributed by atoms with Crippen LogP contribution in [-0.2, 0) is 4.79 Å². The highest BCUT2D eigenvalue weighted by Gasteiger charge is 2.29. The molecule has 0 aliphatic heterocycles. The zero-order chi connectivity index (χ0) is 23.2. The summed E-state index contributed by atoms with van der Waals surface area (Å²) in [6.45, 7) is 17.2. The third-order valence-electron chi connectivity index (χ3n) is 4.65. The lowest BCUT2D eigenvalue weighted by Crippen LogP contribution is -2.46. The van der Waals surface area contributed by atoms with E-state index in [0.717, 1.165) is 11.4 Å². The predicted octanol–water partition coefficient (Wildman–Crippen LogP) is 6.38. The minimum atomic E-state index is -1.90. The van der Waals surface area contributed by atoms with E-state index in [9.17, 15) is 4.79 Å². The molecule has 0 N–H and O–H groups in total. The van der Waals surface area contributed by atoms with E-state index in [4.69, 9.17) is 10.2 Å². The Labute approximate surface area is 189 Å². The Hall–Kier alpha value is -2.52. The van der Waals surface area contributed by atoms with Crippen molar-refractivity contribution >= 4 is 45.1 Å². The lowest BCUT2D eigenvalue weighted by atomic mass is 10.1. The second-order valence-electron chi connectivity index (χ2n) is 9.55. The molecule has 31 heavy (non-hydrogen) atoms. The third-order valence-corrected chi connectivity index (χ3v) is 7.91. The van der Waals surface area contributed by atoms with Gasteiger partial charge in [0.2, 0.25) is 0 Å². The molecule has 0 saturated carbocycles. The molecule has 2 aromatic carbocycles. The summed E-state index contributed by atoms with van der Waals surface area (Å²) in [4.78, 5) is 13.0. The van der Waals surface area contributed by atoms with Gasteiger partial charge < -0.3 is 0 Å². The molecule has 0 aromatic heterocycles. The highest BCUT2D eigenvalue weighted by atomic mass is 28.3. The molecule has 0 radical (unpaired) electrons. The fourth-order valence-corrected chi connectivity index (χ4v) is 5.82. The standard InChI is InChI=1S/C24H36N4OSi2/c1-9-23(29)24(26-28(31(6,7)8)22-18-14-11-15-19-22)20(2)25-27(30(3,4)5)21-16-12-10-13-17-21/h10-19H,9H2,1-8H3. The lowest BCUT2D eigenvalue weighted by molar-refractivity contribution is -0.112. The molecule has 7 heteroatoms. The summed E-state index contributed by atoms with van der Waals surface area (Å²) in [5.41, 5.74) is 3.13. The fraction of sp³-hybridized carbons (Fsp3) is 0.375. The van der Waals surface area contributed by atoms with Crippen LogP contribution in [-0.4, -0.2) is 33.7 Å². The molecule has 0 spiro atoms. The number of para-hydroxylation sites is 2. The Morgan fingerprint density at radius 3 is 1.48 bits per heavy atom. The van der Waals surface area contributed by atoms with Gasteiger partial charge in [-0.1, -0.05) is 43.3 Å². The van der Waals surface area contributed by atoms with E-state index in [1.807, 2.05) is 62.4 Å². The van der Waals surface area contributed by atoms with Gasteiger partial charge in [0.15, 0.2) is 22.3 Å². The molecule has 166 valence electrons. The van der Waals surface area contributed by atoms with Gasteiger partial charge in [-0.2, -0.15) is 10.2 Å². The van der Waals surface area contributed by atoms with Crippen molar-refractivity contribution in [3.8, 4) is 0 Å². The maximum atomic E-state index is 13.0. The van der Waals surface area contributed by atoms with Gasteiger partial charge in [-0.15, -0.1) is 0 Å². The number of anilines is 2. The molecule has 2 rings (SSSR count). The molecule has 2 aromatic rings. The molecule has 0 heterocycles. The number of hydrogen-bond acceptors (Lipinski definition) is 5. The monoisotopic (exact) mass is 452 g/mol. The van der Waals surface area contributed by atoms with Gasteiger partial charge in [-0.3, -0.25) is 14.1 Å². The summed E-state index contributed by atoms with van der Waals surface area (Å²) in [7, 11) is -3.75. The summed E-state index contributed by atoms with van der Waals surface area (Å²) in [6.07, 6.45) is 0.387. The second kappa shape index (κ2) is 10.2. The summed E-state index contributed by atoms with van der Waals surface area (Å²) < 4.78 is 4.15. The van der Waals surface area contributed by atoms with Crippen LogP contribution in [0.3, 0.4) is 0 Å². The van der Waals surface area contributed by atoms with Gasteiger partial charge in [0.1, 0.15) is 5.71 Å². The molecule has 0 amide bonds. The van der Waals surface area contributed by atoms with Crippen LogP contribution in [0.5, 0.6) is 0 Å². The van der Waals surface area contributed by atoms with E-state index in [1.54, 1.807) is 0 Å². The van der Waals surface area contributed by atoms with Gasteiger partial charge in [-0.05, 0) is 70.5 Å². The van der Waals surface area contributed by atoms with Crippen molar-refractivity contribution in [3.63, 3.8) is 0 Å². The number of rotatable bonds is 9. The second-order valence-corrected chi connectivity index (χ2v) is 19.1. The zero-order valence-corrected chi connectivity index (χ0v) is 22.2. The van der Waals surface area contributed by atoms with Gasteiger partial charge in [0.05, 0.1) is 5.71 Å². The number of carbonyl (C=O) groups excluding carboxylic acids is 1. The first-order valence-corrected chi connectivity index (χ1v) is 17.7. The molecule has 0 aliphatic carbocycles. The number of ketones is 1. The van der Waals surface area contributed by atoms with Crippen molar-refractivity contribution in [2.24, 2.45) is 10.2 Å². The Bertz CT molecular complexity index is 930. The molecule has 0 atom stereocenters. The maximum Gasteiger partial charge on any atom is 0.184 e. The SMILES string of the molecule is CCC(=O)C(=NN(c1ccccc1)[Si](C)(C)C)C(C)=NN(c1ccccc1)[Si](C)(C)C. The Morgan fingerprint density at radius 2 is 1.13 bits per heavy atom. The van der Waals surface area contributed by atoms with E-state index in [0.29, 0.717) is 17.8 Å².